The molecular formula is C16H25IN2O2. The number of hydrogen-bond donors (Lipinski definition) is 1. The van der Waals surface area contributed by atoms with Gasteiger partial charge in [0.1, 0.15) is 15.0 Å². The Hall–Kier alpha value is -0.430. The van der Waals surface area contributed by atoms with Crippen LogP contribution < -0.4 is 5.56 Å². The van der Waals surface area contributed by atoms with Gasteiger partial charge in [0.25, 0.3) is 5.56 Å². The van der Waals surface area contributed by atoms with E-state index < -0.39 is 5.60 Å². The van der Waals surface area contributed by atoms with Crippen molar-refractivity contribution in [2.24, 2.45) is 5.92 Å². The minimum absolute atomic E-state index is 0.0550. The van der Waals surface area contributed by atoms with Crippen molar-refractivity contribution in [2.45, 2.75) is 64.4 Å². The quantitative estimate of drug-likeness (QED) is 0.765. The van der Waals surface area contributed by atoms with Crippen LogP contribution in [0.25, 0.3) is 0 Å². The molecule has 1 aliphatic carbocycles. The van der Waals surface area contributed by atoms with Gasteiger partial charge in [-0.15, -0.1) is 0 Å². The number of methoxy groups -OCH3 is 1. The Morgan fingerprint density at radius 1 is 1.33 bits per heavy atom. The second-order valence-electron chi connectivity index (χ2n) is 7.21. The summed E-state index contributed by atoms with van der Waals surface area (Å²) in [6.45, 7) is 8.53. The molecule has 0 radical (unpaired) electrons. The summed E-state index contributed by atoms with van der Waals surface area (Å²) in [6, 6.07) is 0. The standard InChI is InChI=1S/C16H25IN2O2/c1-10-6-8-16(21-5,9-7-10)14-18-12(15(2,3)4)11(17)13(20)19-14/h10H,6-9H2,1-5H3,(H,18,19,20). The number of H-pyrrole nitrogens is 1. The molecular weight excluding hydrogens is 379 g/mol. The molecule has 118 valence electrons. The molecule has 0 atom stereocenters. The fourth-order valence-corrected chi connectivity index (χ4v) is 4.00. The van der Waals surface area contributed by atoms with Crippen LogP contribution in [0, 0.1) is 9.49 Å². The van der Waals surface area contributed by atoms with Crippen LogP contribution in [0.15, 0.2) is 4.79 Å². The first-order valence-corrected chi connectivity index (χ1v) is 8.63. The zero-order chi connectivity index (χ0) is 15.8. The van der Waals surface area contributed by atoms with Crippen LogP contribution in [0.4, 0.5) is 0 Å². The van der Waals surface area contributed by atoms with Gasteiger partial charge < -0.3 is 9.72 Å². The summed E-state index contributed by atoms with van der Waals surface area (Å²) in [5.74, 6) is 1.41. The molecule has 2 rings (SSSR count). The average molecular weight is 404 g/mol. The zero-order valence-corrected chi connectivity index (χ0v) is 15.7. The highest BCUT2D eigenvalue weighted by atomic mass is 127. The van der Waals surface area contributed by atoms with Crippen LogP contribution in [0.3, 0.4) is 0 Å². The normalized spacial score (nSPS) is 26.9. The molecule has 1 saturated carbocycles. The fourth-order valence-electron chi connectivity index (χ4n) is 2.94. The zero-order valence-electron chi connectivity index (χ0n) is 13.5. The smallest absolute Gasteiger partial charge is 0.264 e. The monoisotopic (exact) mass is 404 g/mol. The van der Waals surface area contributed by atoms with E-state index in [2.05, 4.69) is 55.3 Å². The molecule has 0 spiro atoms. The van der Waals surface area contributed by atoms with E-state index in [1.54, 1.807) is 7.11 Å². The summed E-state index contributed by atoms with van der Waals surface area (Å²) in [5, 5.41) is 0. The first-order chi connectivity index (χ1) is 9.69. The molecule has 1 N–H and O–H groups in total. The maximum atomic E-state index is 12.3. The fraction of sp³-hybridized carbons (Fsp3) is 0.750. The number of nitrogens with zero attached hydrogens (tertiary/aromatic N) is 1. The van der Waals surface area contributed by atoms with Gasteiger partial charge in [-0.2, -0.15) is 0 Å². The Morgan fingerprint density at radius 3 is 2.38 bits per heavy atom. The second kappa shape index (κ2) is 5.99. The van der Waals surface area contributed by atoms with Crippen LogP contribution >= 0.6 is 22.6 Å². The highest BCUT2D eigenvalue weighted by Gasteiger charge is 2.39. The van der Waals surface area contributed by atoms with Gasteiger partial charge in [-0.3, -0.25) is 4.79 Å². The van der Waals surface area contributed by atoms with Gasteiger partial charge >= 0.3 is 0 Å². The molecule has 5 heteroatoms. The Kier molecular flexibility index (Phi) is 4.83. The summed E-state index contributed by atoms with van der Waals surface area (Å²) < 4.78 is 6.52. The van der Waals surface area contributed by atoms with Crippen molar-refractivity contribution < 1.29 is 4.74 Å². The molecule has 1 heterocycles. The van der Waals surface area contributed by atoms with Gasteiger partial charge in [0, 0.05) is 12.5 Å². The molecule has 0 bridgehead atoms. The first kappa shape index (κ1) is 16.9. The lowest BCUT2D eigenvalue weighted by Gasteiger charge is -2.37. The summed E-state index contributed by atoms with van der Waals surface area (Å²) >= 11 is 2.09. The minimum atomic E-state index is -0.435. The molecule has 21 heavy (non-hydrogen) atoms. The van der Waals surface area contributed by atoms with Crippen molar-refractivity contribution in [3.8, 4) is 0 Å². The minimum Gasteiger partial charge on any atom is -0.370 e. The molecule has 1 aromatic heterocycles. The van der Waals surface area contributed by atoms with E-state index >= 15 is 0 Å². The molecule has 1 aromatic rings. The molecule has 0 saturated heterocycles. The van der Waals surface area contributed by atoms with E-state index in [9.17, 15) is 4.79 Å². The molecule has 1 fully saturated rings. The molecule has 4 nitrogen and oxygen atoms in total. The van der Waals surface area contributed by atoms with E-state index in [1.807, 2.05) is 0 Å². The van der Waals surface area contributed by atoms with E-state index in [1.165, 1.54) is 0 Å². The lowest BCUT2D eigenvalue weighted by atomic mass is 9.78. The maximum Gasteiger partial charge on any atom is 0.264 e. The number of aromatic amines is 1. The number of rotatable bonds is 2. The summed E-state index contributed by atoms with van der Waals surface area (Å²) in [5.41, 5.74) is 0.212. The van der Waals surface area contributed by atoms with Crippen molar-refractivity contribution in [3.63, 3.8) is 0 Å². The van der Waals surface area contributed by atoms with Crippen molar-refractivity contribution in [2.75, 3.05) is 7.11 Å². The molecule has 0 unspecified atom stereocenters. The van der Waals surface area contributed by atoms with Crippen molar-refractivity contribution in [1.29, 1.82) is 0 Å². The number of aromatic nitrogens is 2. The third kappa shape index (κ3) is 3.33. The summed E-state index contributed by atoms with van der Waals surface area (Å²) in [4.78, 5) is 20.1. The first-order valence-electron chi connectivity index (χ1n) is 7.55. The van der Waals surface area contributed by atoms with Gasteiger partial charge in [-0.1, -0.05) is 27.7 Å². The lowest BCUT2D eigenvalue weighted by Crippen LogP contribution is -2.38. The van der Waals surface area contributed by atoms with E-state index in [0.717, 1.165) is 31.4 Å². The average Bonchev–Trinajstić information content (AvgIpc) is 2.42. The Bertz CT molecular complexity index is 567. The third-order valence-corrected chi connectivity index (χ3v) is 5.48. The third-order valence-electron chi connectivity index (χ3n) is 4.48. The largest absolute Gasteiger partial charge is 0.370 e. The highest BCUT2D eigenvalue weighted by Crippen LogP contribution is 2.40. The molecule has 0 amide bonds. The van der Waals surface area contributed by atoms with Gasteiger partial charge in [0.15, 0.2) is 0 Å². The van der Waals surface area contributed by atoms with Crippen LogP contribution in [-0.2, 0) is 15.8 Å². The number of ether oxygens (including phenoxy) is 1. The second-order valence-corrected chi connectivity index (χ2v) is 8.29. The number of halogens is 1. The predicted octanol–water partition coefficient (Wildman–Crippen LogP) is 3.72. The summed E-state index contributed by atoms with van der Waals surface area (Å²) in [7, 11) is 1.73. The van der Waals surface area contributed by atoms with Gasteiger partial charge in [-0.25, -0.2) is 4.98 Å². The van der Waals surface area contributed by atoms with Crippen molar-refractivity contribution in [1.82, 2.24) is 9.97 Å². The van der Waals surface area contributed by atoms with E-state index in [0.29, 0.717) is 15.3 Å². The van der Waals surface area contributed by atoms with Gasteiger partial charge in [-0.05, 0) is 54.2 Å². The van der Waals surface area contributed by atoms with Crippen molar-refractivity contribution >= 4 is 22.6 Å². The van der Waals surface area contributed by atoms with Gasteiger partial charge in [0.05, 0.1) is 5.69 Å². The SMILES string of the molecule is COC1(c2nc(C(C)(C)C)c(I)c(=O)[nH]2)CCC(C)CC1. The van der Waals surface area contributed by atoms with Crippen LogP contribution in [-0.4, -0.2) is 17.1 Å². The highest BCUT2D eigenvalue weighted by molar-refractivity contribution is 14.1. The Balaban J connectivity index is 2.53. The topological polar surface area (TPSA) is 55.0 Å². The number of hydrogen-bond acceptors (Lipinski definition) is 3. The van der Waals surface area contributed by atoms with Crippen LogP contribution in [0.2, 0.25) is 0 Å². The van der Waals surface area contributed by atoms with E-state index in [4.69, 9.17) is 9.72 Å². The predicted molar refractivity (Wildman–Crippen MR) is 92.6 cm³/mol. The summed E-state index contributed by atoms with van der Waals surface area (Å²) in [6.07, 6.45) is 4.04. The lowest BCUT2D eigenvalue weighted by molar-refractivity contribution is -0.0601. The molecule has 1 aliphatic rings. The van der Waals surface area contributed by atoms with E-state index in [-0.39, 0.29) is 11.0 Å². The van der Waals surface area contributed by atoms with Gasteiger partial charge in [0.2, 0.25) is 0 Å². The molecule has 0 aromatic carbocycles. The maximum absolute atomic E-state index is 12.3. The van der Waals surface area contributed by atoms with Crippen LogP contribution in [0.1, 0.15) is 64.9 Å². The van der Waals surface area contributed by atoms with Crippen molar-refractivity contribution in [3.05, 3.63) is 25.4 Å². The number of nitrogens with one attached hydrogen (secondary N) is 1. The van der Waals surface area contributed by atoms with Crippen LogP contribution in [0.5, 0.6) is 0 Å². The Morgan fingerprint density at radius 2 is 1.90 bits per heavy atom. The Labute approximate surface area is 140 Å². The molecule has 0 aliphatic heterocycles.